The number of nitrogens with one attached hydrogen (secondary N) is 2. The van der Waals surface area contributed by atoms with E-state index < -0.39 is 41.3 Å². The fourth-order valence-electron chi connectivity index (χ4n) is 4.94. The first-order valence-corrected chi connectivity index (χ1v) is 14.6. The lowest BCUT2D eigenvalue weighted by molar-refractivity contribution is -0.205. The van der Waals surface area contributed by atoms with Crippen molar-refractivity contribution in [2.24, 2.45) is 5.92 Å². The van der Waals surface area contributed by atoms with Gasteiger partial charge in [0.2, 0.25) is 5.91 Å². The lowest BCUT2D eigenvalue weighted by atomic mass is 9.92. The van der Waals surface area contributed by atoms with Gasteiger partial charge in [-0.05, 0) is 63.7 Å². The van der Waals surface area contributed by atoms with E-state index in [0.717, 1.165) is 44.5 Å². The second-order valence-electron chi connectivity index (χ2n) is 10.3. The summed E-state index contributed by atoms with van der Waals surface area (Å²) in [6.45, 7) is 7.50. The Bertz CT molecular complexity index is 829. The molecule has 0 spiro atoms. The summed E-state index contributed by atoms with van der Waals surface area (Å²) in [4.78, 5) is 13.2. The quantitative estimate of drug-likeness (QED) is 0.273. The number of aryl methyl sites for hydroxylation is 1. The van der Waals surface area contributed by atoms with Gasteiger partial charge >= 0.3 is 0 Å². The first-order valence-electron chi connectivity index (χ1n) is 12.9. The molecule has 0 radical (unpaired) electrons. The monoisotopic (exact) mass is 547 g/mol. The molecule has 10 nitrogen and oxygen atoms in total. The maximum absolute atomic E-state index is 13.2. The van der Waals surface area contributed by atoms with Crippen LogP contribution in [0.4, 0.5) is 0 Å². The molecule has 2 aliphatic heterocycles. The van der Waals surface area contributed by atoms with Gasteiger partial charge in [0, 0.05) is 12.7 Å². The predicted molar refractivity (Wildman–Crippen MR) is 140 cm³/mol. The van der Waals surface area contributed by atoms with Crippen LogP contribution in [0.5, 0.6) is 0 Å². The molecule has 2 aliphatic rings. The highest BCUT2D eigenvalue weighted by Crippen LogP contribution is 2.30. The average Bonchev–Trinajstić information content (AvgIpc) is 3.19. The zero-order valence-corrected chi connectivity index (χ0v) is 23.2. The van der Waals surface area contributed by atoms with E-state index in [1.165, 1.54) is 11.8 Å². The number of hydrogen-bond donors (Lipinski definition) is 5. The van der Waals surface area contributed by atoms with Gasteiger partial charge in [0.1, 0.15) is 29.9 Å². The van der Waals surface area contributed by atoms with Crippen molar-refractivity contribution in [3.63, 3.8) is 0 Å². The number of rotatable bonds is 10. The number of alkyl halides is 1. The zero-order chi connectivity index (χ0) is 26.4. The van der Waals surface area contributed by atoms with Gasteiger partial charge in [0.25, 0.3) is 0 Å². The van der Waals surface area contributed by atoms with Crippen molar-refractivity contribution in [1.29, 1.82) is 0 Å². The summed E-state index contributed by atoms with van der Waals surface area (Å²) in [6.07, 6.45) is 3.53. The van der Waals surface area contributed by atoms with Crippen LogP contribution >= 0.6 is 23.4 Å². The van der Waals surface area contributed by atoms with Crippen molar-refractivity contribution in [2.75, 3.05) is 12.8 Å². The largest absolute Gasteiger partial charge is 0.388 e. The Kier molecular flexibility index (Phi) is 11.3. The minimum absolute atomic E-state index is 0.200. The number of amides is 1. The molecule has 3 heterocycles. The van der Waals surface area contributed by atoms with Crippen LogP contribution in [0.25, 0.3) is 0 Å². The Morgan fingerprint density at radius 1 is 1.25 bits per heavy atom. The fraction of sp³-hybridized carbons (Fsp3) is 0.875. The minimum Gasteiger partial charge on any atom is -0.388 e. The van der Waals surface area contributed by atoms with Crippen LogP contribution in [0.15, 0.2) is 6.20 Å². The molecule has 0 saturated carbocycles. The van der Waals surface area contributed by atoms with Gasteiger partial charge in [-0.3, -0.25) is 9.48 Å². The summed E-state index contributed by atoms with van der Waals surface area (Å²) in [5.74, 6) is 0.690. The molecule has 2 fully saturated rings. The number of halogens is 1. The van der Waals surface area contributed by atoms with Crippen LogP contribution in [0.2, 0.25) is 0 Å². The van der Waals surface area contributed by atoms with Crippen LogP contribution in [0, 0.1) is 5.92 Å². The molecular weight excluding hydrogens is 506 g/mol. The van der Waals surface area contributed by atoms with E-state index in [9.17, 15) is 20.1 Å². The van der Waals surface area contributed by atoms with Crippen molar-refractivity contribution in [3.05, 3.63) is 11.9 Å². The third-order valence-electron chi connectivity index (χ3n) is 7.27. The number of aromatic nitrogens is 3. The summed E-state index contributed by atoms with van der Waals surface area (Å²) in [5.41, 5.74) is 0.280. The number of carbonyl (C=O) groups is 1. The third kappa shape index (κ3) is 7.55. The Hall–Kier alpha value is -0.950. The normalized spacial score (nSPS) is 33.2. The molecule has 0 bridgehead atoms. The molecule has 206 valence electrons. The summed E-state index contributed by atoms with van der Waals surface area (Å²) >= 11 is 7.62. The van der Waals surface area contributed by atoms with Gasteiger partial charge in [-0.25, -0.2) is 0 Å². The Morgan fingerprint density at radius 3 is 2.64 bits per heavy atom. The fourth-order valence-corrected chi connectivity index (χ4v) is 5.83. The number of aliphatic hydroxyl groups excluding tert-OH is 3. The SMILES string of the molecule is CS[C@H]1O[C@H]([C@H](NC(=O)[C@@H]2CC[C@H](CCCn3cc(C(C)C)nn3)CCN2)[C@H](C)Cl)[C@H](O)[C@H](O)[C@H]1O. The maximum atomic E-state index is 13.2. The van der Waals surface area contributed by atoms with Gasteiger partial charge in [0.15, 0.2) is 0 Å². The predicted octanol–water partition coefficient (Wildman–Crippen LogP) is 1.22. The van der Waals surface area contributed by atoms with E-state index in [1.807, 2.05) is 10.9 Å². The van der Waals surface area contributed by atoms with E-state index in [4.69, 9.17) is 16.3 Å². The van der Waals surface area contributed by atoms with Crippen LogP contribution in [-0.4, -0.2) is 96.3 Å². The summed E-state index contributed by atoms with van der Waals surface area (Å²) in [7, 11) is 0. The van der Waals surface area contributed by atoms with Gasteiger partial charge < -0.3 is 30.7 Å². The van der Waals surface area contributed by atoms with Crippen LogP contribution in [-0.2, 0) is 16.1 Å². The van der Waals surface area contributed by atoms with Crippen molar-refractivity contribution in [3.8, 4) is 0 Å². The van der Waals surface area contributed by atoms with Crippen molar-refractivity contribution in [1.82, 2.24) is 25.6 Å². The molecule has 3 rings (SSSR count). The highest BCUT2D eigenvalue weighted by Gasteiger charge is 2.48. The van der Waals surface area contributed by atoms with E-state index in [0.29, 0.717) is 18.3 Å². The molecule has 12 heteroatoms. The molecule has 2 saturated heterocycles. The van der Waals surface area contributed by atoms with Crippen molar-refractivity contribution in [2.45, 2.75) is 113 Å². The first kappa shape index (κ1) is 29.6. The first-order chi connectivity index (χ1) is 17.1. The lowest BCUT2D eigenvalue weighted by Gasteiger charge is -2.44. The molecule has 5 N–H and O–H groups in total. The lowest BCUT2D eigenvalue weighted by Crippen LogP contribution is -2.65. The zero-order valence-electron chi connectivity index (χ0n) is 21.6. The summed E-state index contributed by atoms with van der Waals surface area (Å²) in [5, 5.41) is 45.2. The van der Waals surface area contributed by atoms with Crippen LogP contribution < -0.4 is 10.6 Å². The molecule has 0 aromatic carbocycles. The molecular formula is C24H42ClN5O5S. The molecule has 36 heavy (non-hydrogen) atoms. The topological polar surface area (TPSA) is 142 Å². The Balaban J connectivity index is 1.51. The average molecular weight is 548 g/mol. The molecule has 1 amide bonds. The van der Waals surface area contributed by atoms with Gasteiger partial charge in [-0.15, -0.1) is 28.5 Å². The van der Waals surface area contributed by atoms with Crippen molar-refractivity contribution < 1.29 is 24.9 Å². The van der Waals surface area contributed by atoms with E-state index in [2.05, 4.69) is 34.8 Å². The van der Waals surface area contributed by atoms with Crippen LogP contribution in [0.1, 0.15) is 64.5 Å². The second kappa shape index (κ2) is 13.7. The minimum atomic E-state index is -1.39. The molecule has 1 aromatic rings. The smallest absolute Gasteiger partial charge is 0.237 e. The summed E-state index contributed by atoms with van der Waals surface area (Å²) < 4.78 is 7.76. The van der Waals surface area contributed by atoms with Crippen LogP contribution in [0.3, 0.4) is 0 Å². The van der Waals surface area contributed by atoms with Gasteiger partial charge in [0.05, 0.1) is 23.2 Å². The highest BCUT2D eigenvalue weighted by atomic mass is 35.5. The van der Waals surface area contributed by atoms with E-state index in [-0.39, 0.29) is 11.9 Å². The Morgan fingerprint density at radius 2 is 2.00 bits per heavy atom. The number of carbonyl (C=O) groups excluding carboxylic acids is 1. The molecule has 1 aromatic heterocycles. The van der Waals surface area contributed by atoms with E-state index >= 15 is 0 Å². The van der Waals surface area contributed by atoms with Gasteiger partial charge in [-0.1, -0.05) is 19.1 Å². The highest BCUT2D eigenvalue weighted by molar-refractivity contribution is 7.99. The number of thioether (sulfide) groups is 1. The van der Waals surface area contributed by atoms with Gasteiger partial charge in [-0.2, -0.15) is 0 Å². The maximum Gasteiger partial charge on any atom is 0.237 e. The number of aliphatic hydroxyl groups is 3. The van der Waals surface area contributed by atoms with Crippen molar-refractivity contribution >= 4 is 29.3 Å². The Labute approximate surface area is 222 Å². The number of nitrogens with zero attached hydrogens (tertiary/aromatic N) is 3. The summed E-state index contributed by atoms with van der Waals surface area (Å²) in [6, 6.07) is -1.10. The number of ether oxygens (including phenoxy) is 1. The molecule has 0 unspecified atom stereocenters. The standard InChI is InChI=1S/C24H42ClN5O5S/c1-13(2)17-12-30(29-28-17)11-5-6-15-7-8-16(26-10-9-15)23(34)27-18(14(3)25)22-20(32)19(31)21(33)24(35-22)36-4/h12-16,18-22,24,26,31-33H,5-11H2,1-4H3,(H,27,34)/t14-,15-,16-,18+,19-,20+,21+,22+,24+/m0/s1. The number of hydrogen-bond acceptors (Lipinski definition) is 9. The van der Waals surface area contributed by atoms with E-state index in [1.54, 1.807) is 13.2 Å². The second-order valence-corrected chi connectivity index (χ2v) is 12.0. The third-order valence-corrected chi connectivity index (χ3v) is 8.39. The molecule has 0 aliphatic carbocycles. The molecule has 9 atom stereocenters.